The number of anilines is 3. The number of rotatable bonds is 10. The summed E-state index contributed by atoms with van der Waals surface area (Å²) in [6.07, 6.45) is 0.864. The molecular weight excluding hydrogens is 530 g/mol. The number of benzene rings is 3. The molecule has 3 aromatic rings. The Bertz CT molecular complexity index is 1350. The fraction of sp³-hybridized carbons (Fsp3) is 0.394. The number of ether oxygens (including phenoxy) is 2. The first-order valence-electron chi connectivity index (χ1n) is 14.7. The lowest BCUT2D eigenvalue weighted by Gasteiger charge is -2.38. The van der Waals surface area contributed by atoms with E-state index in [2.05, 4.69) is 31.4 Å². The van der Waals surface area contributed by atoms with Gasteiger partial charge < -0.3 is 29.9 Å². The van der Waals surface area contributed by atoms with Crippen molar-refractivity contribution in [3.05, 3.63) is 83.4 Å². The Morgan fingerprint density at radius 1 is 0.833 bits per heavy atom. The summed E-state index contributed by atoms with van der Waals surface area (Å²) in [6.45, 7) is 9.99. The fourth-order valence-electron chi connectivity index (χ4n) is 5.48. The number of nitrogens with zero attached hydrogens (tertiary/aromatic N) is 3. The smallest absolute Gasteiger partial charge is 0.255 e. The molecule has 9 nitrogen and oxygen atoms in total. The zero-order chi connectivity index (χ0) is 29.3. The van der Waals surface area contributed by atoms with E-state index in [1.165, 1.54) is 0 Å². The quantitative estimate of drug-likeness (QED) is 0.356. The van der Waals surface area contributed by atoms with Crippen LogP contribution in [0.3, 0.4) is 0 Å². The number of carbonyl (C=O) groups is 2. The number of piperazine rings is 1. The van der Waals surface area contributed by atoms with Crippen LogP contribution in [0, 0.1) is 6.92 Å². The van der Waals surface area contributed by atoms with Crippen molar-refractivity contribution in [1.82, 2.24) is 10.2 Å². The van der Waals surface area contributed by atoms with Crippen LogP contribution in [0.1, 0.15) is 32.7 Å². The first-order chi connectivity index (χ1) is 20.5. The van der Waals surface area contributed by atoms with E-state index < -0.39 is 0 Å². The molecule has 5 rings (SSSR count). The van der Waals surface area contributed by atoms with Gasteiger partial charge in [0.2, 0.25) is 0 Å². The Balaban J connectivity index is 1.29. The molecule has 0 bridgehead atoms. The maximum Gasteiger partial charge on any atom is 0.255 e. The fourth-order valence-corrected chi connectivity index (χ4v) is 5.48. The molecule has 0 atom stereocenters. The van der Waals surface area contributed by atoms with E-state index in [-0.39, 0.29) is 11.8 Å². The first-order valence-corrected chi connectivity index (χ1v) is 14.7. The number of para-hydroxylation sites is 2. The van der Waals surface area contributed by atoms with Crippen molar-refractivity contribution >= 4 is 28.9 Å². The van der Waals surface area contributed by atoms with Crippen molar-refractivity contribution < 1.29 is 19.1 Å². The molecule has 2 heterocycles. The summed E-state index contributed by atoms with van der Waals surface area (Å²) >= 11 is 0. The van der Waals surface area contributed by atoms with Gasteiger partial charge in [-0.25, -0.2) is 0 Å². The maximum absolute atomic E-state index is 13.6. The monoisotopic (exact) mass is 571 g/mol. The minimum absolute atomic E-state index is 0.134. The van der Waals surface area contributed by atoms with Crippen molar-refractivity contribution in [2.75, 3.05) is 87.8 Å². The molecule has 0 spiro atoms. The average Bonchev–Trinajstić information content (AvgIpc) is 3.04. The largest absolute Gasteiger partial charge is 0.495 e. The number of hydrogen-bond donors (Lipinski definition) is 2. The third kappa shape index (κ3) is 7.40. The summed E-state index contributed by atoms with van der Waals surface area (Å²) in [7, 11) is 1.69. The molecule has 42 heavy (non-hydrogen) atoms. The highest BCUT2D eigenvalue weighted by molar-refractivity contribution is 6.06. The van der Waals surface area contributed by atoms with Crippen molar-refractivity contribution in [3.8, 4) is 5.75 Å². The van der Waals surface area contributed by atoms with Crippen LogP contribution in [0.15, 0.2) is 66.7 Å². The minimum atomic E-state index is -0.204. The molecule has 0 aromatic heterocycles. The van der Waals surface area contributed by atoms with Crippen molar-refractivity contribution in [1.29, 1.82) is 0 Å². The summed E-state index contributed by atoms with van der Waals surface area (Å²) in [5, 5.41) is 6.10. The SMILES string of the molecule is COc1ccccc1N1CCN(c2ccc(NC(=O)c3ccc(C)cc3)cc2C(=O)NCCCN2CCOCC2)CC1. The molecule has 0 unspecified atom stereocenters. The van der Waals surface area contributed by atoms with Crippen LogP contribution in [0.5, 0.6) is 5.75 Å². The van der Waals surface area contributed by atoms with Gasteiger partial charge in [0.25, 0.3) is 11.8 Å². The highest BCUT2D eigenvalue weighted by Crippen LogP contribution is 2.31. The van der Waals surface area contributed by atoms with E-state index in [1.807, 2.05) is 61.5 Å². The molecule has 2 aliphatic heterocycles. The minimum Gasteiger partial charge on any atom is -0.495 e. The number of hydrogen-bond acceptors (Lipinski definition) is 7. The molecule has 2 amide bonds. The average molecular weight is 572 g/mol. The van der Waals surface area contributed by atoms with Gasteiger partial charge in [-0.2, -0.15) is 0 Å². The first kappa shape index (κ1) is 29.4. The zero-order valence-corrected chi connectivity index (χ0v) is 24.6. The zero-order valence-electron chi connectivity index (χ0n) is 24.6. The van der Waals surface area contributed by atoms with Gasteiger partial charge >= 0.3 is 0 Å². The van der Waals surface area contributed by atoms with Gasteiger partial charge in [0.1, 0.15) is 5.75 Å². The van der Waals surface area contributed by atoms with Crippen molar-refractivity contribution in [2.45, 2.75) is 13.3 Å². The van der Waals surface area contributed by atoms with Gasteiger partial charge in [-0.15, -0.1) is 0 Å². The van der Waals surface area contributed by atoms with Crippen LogP contribution in [0.25, 0.3) is 0 Å². The van der Waals surface area contributed by atoms with Gasteiger partial charge in [0.15, 0.2) is 0 Å². The summed E-state index contributed by atoms with van der Waals surface area (Å²) in [6, 6.07) is 21.1. The van der Waals surface area contributed by atoms with Crippen LogP contribution in [-0.2, 0) is 4.74 Å². The molecule has 2 aliphatic rings. The number of nitrogens with one attached hydrogen (secondary N) is 2. The van der Waals surface area contributed by atoms with E-state index in [9.17, 15) is 9.59 Å². The van der Waals surface area contributed by atoms with Crippen LogP contribution < -0.4 is 25.2 Å². The summed E-state index contributed by atoms with van der Waals surface area (Å²) < 4.78 is 11.0. The van der Waals surface area contributed by atoms with Gasteiger partial charge in [-0.05, 0) is 62.4 Å². The Labute approximate surface area is 248 Å². The number of carbonyl (C=O) groups excluding carboxylic acids is 2. The molecule has 0 radical (unpaired) electrons. The number of aryl methyl sites for hydroxylation is 1. The molecule has 0 aliphatic carbocycles. The predicted molar refractivity (Wildman–Crippen MR) is 167 cm³/mol. The van der Waals surface area contributed by atoms with E-state index >= 15 is 0 Å². The molecule has 2 fully saturated rings. The summed E-state index contributed by atoms with van der Waals surface area (Å²) in [5.74, 6) is 0.521. The lowest BCUT2D eigenvalue weighted by atomic mass is 10.1. The molecular formula is C33H41N5O4. The van der Waals surface area contributed by atoms with E-state index in [0.717, 1.165) is 88.1 Å². The Hall–Kier alpha value is -4.08. The van der Waals surface area contributed by atoms with Gasteiger partial charge in [0.05, 0.1) is 31.6 Å². The molecule has 0 saturated carbocycles. The second kappa shape index (κ2) is 14.2. The van der Waals surface area contributed by atoms with Crippen molar-refractivity contribution in [2.24, 2.45) is 0 Å². The van der Waals surface area contributed by atoms with Crippen molar-refractivity contribution in [3.63, 3.8) is 0 Å². The van der Waals surface area contributed by atoms with E-state index in [4.69, 9.17) is 9.47 Å². The number of amides is 2. The predicted octanol–water partition coefficient (Wildman–Crippen LogP) is 4.03. The number of morpholine rings is 1. The van der Waals surface area contributed by atoms with E-state index in [0.29, 0.717) is 23.4 Å². The van der Waals surface area contributed by atoms with Crippen LogP contribution in [0.4, 0.5) is 17.1 Å². The van der Waals surface area contributed by atoms with Gasteiger partial charge in [0, 0.05) is 62.8 Å². The molecule has 2 N–H and O–H groups in total. The molecule has 3 aromatic carbocycles. The highest BCUT2D eigenvalue weighted by atomic mass is 16.5. The second-order valence-corrected chi connectivity index (χ2v) is 10.8. The lowest BCUT2D eigenvalue weighted by Crippen LogP contribution is -2.47. The molecule has 2 saturated heterocycles. The second-order valence-electron chi connectivity index (χ2n) is 10.8. The Kier molecular flexibility index (Phi) is 9.94. The Morgan fingerprint density at radius 2 is 1.52 bits per heavy atom. The van der Waals surface area contributed by atoms with E-state index in [1.54, 1.807) is 13.2 Å². The van der Waals surface area contributed by atoms with Crippen LogP contribution >= 0.6 is 0 Å². The lowest BCUT2D eigenvalue weighted by molar-refractivity contribution is 0.0374. The summed E-state index contributed by atoms with van der Waals surface area (Å²) in [4.78, 5) is 33.4. The summed E-state index contributed by atoms with van der Waals surface area (Å²) in [5.41, 5.74) is 4.77. The van der Waals surface area contributed by atoms with Gasteiger partial charge in [-0.1, -0.05) is 29.8 Å². The third-order valence-electron chi connectivity index (χ3n) is 7.90. The van der Waals surface area contributed by atoms with Crippen LogP contribution in [-0.4, -0.2) is 89.4 Å². The molecule has 222 valence electrons. The standard InChI is InChI=1S/C33H41N5O4/c1-25-8-10-26(11-9-25)32(39)35-27-12-13-29(28(24-27)33(40)34-14-5-15-36-20-22-42-23-21-36)37-16-18-38(19-17-37)30-6-3-4-7-31(30)41-2/h3-4,6-13,24H,5,14-23H2,1-2H3,(H,34,40)(H,35,39). The normalized spacial score (nSPS) is 15.8. The molecule has 9 heteroatoms. The third-order valence-corrected chi connectivity index (χ3v) is 7.90. The van der Waals surface area contributed by atoms with Crippen LogP contribution in [0.2, 0.25) is 0 Å². The van der Waals surface area contributed by atoms with Gasteiger partial charge in [-0.3, -0.25) is 14.5 Å². The Morgan fingerprint density at radius 3 is 2.24 bits per heavy atom. The highest BCUT2D eigenvalue weighted by Gasteiger charge is 2.24. The number of methoxy groups -OCH3 is 1. The topological polar surface area (TPSA) is 86.4 Å². The maximum atomic E-state index is 13.6.